The molecule has 0 saturated carbocycles. The van der Waals surface area contributed by atoms with Gasteiger partial charge in [0.25, 0.3) is 0 Å². The topological polar surface area (TPSA) is 55.1 Å². The van der Waals surface area contributed by atoms with Gasteiger partial charge in [0.15, 0.2) is 0 Å². The van der Waals surface area contributed by atoms with Gasteiger partial charge in [0.1, 0.15) is 23.1 Å². The Hall–Kier alpha value is -3.53. The SMILES string of the molecule is COc1ccc(Oc2nc(-c3ccccc3)cc(C(F)(F)F)c2C#N)cc1. The van der Waals surface area contributed by atoms with Crippen molar-refractivity contribution in [3.8, 4) is 34.7 Å². The highest BCUT2D eigenvalue weighted by molar-refractivity contribution is 5.64. The number of halogens is 3. The maximum atomic E-state index is 13.5. The molecular formula is C20H13F3N2O2. The molecule has 1 aromatic heterocycles. The molecule has 0 bridgehead atoms. The fourth-order valence-corrected chi connectivity index (χ4v) is 2.44. The second-order valence-electron chi connectivity index (χ2n) is 5.49. The molecular weight excluding hydrogens is 357 g/mol. The van der Waals surface area contributed by atoms with E-state index in [0.717, 1.165) is 6.07 Å². The Morgan fingerprint density at radius 3 is 2.15 bits per heavy atom. The largest absolute Gasteiger partial charge is 0.497 e. The highest BCUT2D eigenvalue weighted by atomic mass is 19.4. The molecule has 0 spiro atoms. The zero-order chi connectivity index (χ0) is 19.4. The average Bonchev–Trinajstić information content (AvgIpc) is 2.68. The van der Waals surface area contributed by atoms with Gasteiger partial charge in [-0.2, -0.15) is 18.4 Å². The molecule has 0 aliphatic heterocycles. The molecule has 2 aromatic carbocycles. The molecule has 7 heteroatoms. The van der Waals surface area contributed by atoms with E-state index in [1.807, 2.05) is 0 Å². The van der Waals surface area contributed by atoms with Crippen LogP contribution in [0.4, 0.5) is 13.2 Å². The summed E-state index contributed by atoms with van der Waals surface area (Å²) in [4.78, 5) is 4.15. The van der Waals surface area contributed by atoms with Crippen molar-refractivity contribution in [2.45, 2.75) is 6.18 Å². The third-order valence-electron chi connectivity index (χ3n) is 3.75. The lowest BCUT2D eigenvalue weighted by molar-refractivity contribution is -0.137. The molecule has 0 saturated heterocycles. The summed E-state index contributed by atoms with van der Waals surface area (Å²) >= 11 is 0. The molecule has 0 amide bonds. The van der Waals surface area contributed by atoms with Crippen LogP contribution in [0.1, 0.15) is 11.1 Å². The average molecular weight is 370 g/mol. The number of nitrogens with zero attached hydrogens (tertiary/aromatic N) is 2. The van der Waals surface area contributed by atoms with E-state index < -0.39 is 23.2 Å². The lowest BCUT2D eigenvalue weighted by Gasteiger charge is -2.15. The van der Waals surface area contributed by atoms with Gasteiger partial charge in [-0.05, 0) is 30.3 Å². The zero-order valence-corrected chi connectivity index (χ0v) is 14.1. The molecule has 0 aliphatic rings. The molecule has 27 heavy (non-hydrogen) atoms. The molecule has 3 aromatic rings. The third-order valence-corrected chi connectivity index (χ3v) is 3.75. The Balaban J connectivity index is 2.14. The van der Waals surface area contributed by atoms with Gasteiger partial charge in [0.2, 0.25) is 5.88 Å². The third kappa shape index (κ3) is 4.01. The predicted molar refractivity (Wildman–Crippen MR) is 92.5 cm³/mol. The van der Waals surface area contributed by atoms with E-state index in [2.05, 4.69) is 4.98 Å². The van der Waals surface area contributed by atoms with Crippen LogP contribution in [-0.4, -0.2) is 12.1 Å². The molecule has 3 rings (SSSR count). The molecule has 0 unspecified atom stereocenters. The van der Waals surface area contributed by atoms with Crippen molar-refractivity contribution < 1.29 is 22.6 Å². The summed E-state index contributed by atoms with van der Waals surface area (Å²) in [6, 6.07) is 17.0. The Kier molecular flexibility index (Phi) is 4.99. The van der Waals surface area contributed by atoms with E-state index in [0.29, 0.717) is 11.3 Å². The number of hydrogen-bond donors (Lipinski definition) is 0. The number of hydrogen-bond acceptors (Lipinski definition) is 4. The zero-order valence-electron chi connectivity index (χ0n) is 14.1. The van der Waals surface area contributed by atoms with Crippen LogP contribution in [0, 0.1) is 11.3 Å². The molecule has 0 N–H and O–H groups in total. The molecule has 0 radical (unpaired) electrons. The Morgan fingerprint density at radius 2 is 1.59 bits per heavy atom. The standard InChI is InChI=1S/C20H13F3N2O2/c1-26-14-7-9-15(10-8-14)27-19-16(12-24)17(20(21,22)23)11-18(25-19)13-5-3-2-4-6-13/h2-11H,1H3. The molecule has 0 atom stereocenters. The van der Waals surface area contributed by atoms with Gasteiger partial charge in [-0.1, -0.05) is 30.3 Å². The van der Waals surface area contributed by atoms with Gasteiger partial charge in [-0.15, -0.1) is 0 Å². The Morgan fingerprint density at radius 1 is 0.963 bits per heavy atom. The lowest BCUT2D eigenvalue weighted by atomic mass is 10.0. The number of ether oxygens (including phenoxy) is 2. The highest BCUT2D eigenvalue weighted by Gasteiger charge is 2.36. The summed E-state index contributed by atoms with van der Waals surface area (Å²) < 4.78 is 51.0. The van der Waals surface area contributed by atoms with Crippen molar-refractivity contribution in [1.29, 1.82) is 5.26 Å². The number of benzene rings is 2. The van der Waals surface area contributed by atoms with Crippen LogP contribution in [0.15, 0.2) is 60.7 Å². The minimum Gasteiger partial charge on any atom is -0.497 e. The number of methoxy groups -OCH3 is 1. The van der Waals surface area contributed by atoms with E-state index in [9.17, 15) is 18.4 Å². The molecule has 136 valence electrons. The van der Waals surface area contributed by atoms with Crippen molar-refractivity contribution >= 4 is 0 Å². The highest BCUT2D eigenvalue weighted by Crippen LogP contribution is 2.38. The smallest absolute Gasteiger partial charge is 0.417 e. The first-order valence-electron chi connectivity index (χ1n) is 7.82. The van der Waals surface area contributed by atoms with E-state index in [-0.39, 0.29) is 11.4 Å². The number of pyridine rings is 1. The second kappa shape index (κ2) is 7.38. The molecule has 4 nitrogen and oxygen atoms in total. The molecule has 1 heterocycles. The van der Waals surface area contributed by atoms with Crippen molar-refractivity contribution in [1.82, 2.24) is 4.98 Å². The van der Waals surface area contributed by atoms with E-state index in [1.54, 1.807) is 48.5 Å². The minimum atomic E-state index is -4.73. The monoisotopic (exact) mass is 370 g/mol. The van der Waals surface area contributed by atoms with Gasteiger partial charge >= 0.3 is 6.18 Å². The van der Waals surface area contributed by atoms with E-state index in [4.69, 9.17) is 9.47 Å². The van der Waals surface area contributed by atoms with Gasteiger partial charge in [0.05, 0.1) is 18.4 Å². The first-order chi connectivity index (χ1) is 12.9. The maximum Gasteiger partial charge on any atom is 0.417 e. The summed E-state index contributed by atoms with van der Waals surface area (Å²) in [5, 5.41) is 9.29. The van der Waals surface area contributed by atoms with Crippen LogP contribution in [0.25, 0.3) is 11.3 Å². The second-order valence-corrected chi connectivity index (χ2v) is 5.49. The van der Waals surface area contributed by atoms with Crippen molar-refractivity contribution in [3.63, 3.8) is 0 Å². The van der Waals surface area contributed by atoms with Gasteiger partial charge in [0, 0.05) is 5.56 Å². The van der Waals surface area contributed by atoms with Crippen LogP contribution >= 0.6 is 0 Å². The van der Waals surface area contributed by atoms with Crippen LogP contribution < -0.4 is 9.47 Å². The van der Waals surface area contributed by atoms with Crippen molar-refractivity contribution in [3.05, 3.63) is 71.8 Å². The van der Waals surface area contributed by atoms with Crippen molar-refractivity contribution in [2.24, 2.45) is 0 Å². The molecule has 0 fully saturated rings. The number of nitriles is 1. The summed E-state index contributed by atoms with van der Waals surface area (Å²) in [6.45, 7) is 0. The van der Waals surface area contributed by atoms with Crippen LogP contribution in [-0.2, 0) is 6.18 Å². The lowest BCUT2D eigenvalue weighted by Crippen LogP contribution is -2.10. The van der Waals surface area contributed by atoms with Gasteiger partial charge in [-0.25, -0.2) is 4.98 Å². The normalized spacial score (nSPS) is 10.9. The van der Waals surface area contributed by atoms with Crippen LogP contribution in [0.5, 0.6) is 17.4 Å². The van der Waals surface area contributed by atoms with Gasteiger partial charge in [-0.3, -0.25) is 0 Å². The van der Waals surface area contributed by atoms with E-state index in [1.165, 1.54) is 19.2 Å². The maximum absolute atomic E-state index is 13.5. The van der Waals surface area contributed by atoms with Crippen LogP contribution in [0.3, 0.4) is 0 Å². The summed E-state index contributed by atoms with van der Waals surface area (Å²) in [5.41, 5.74) is -1.22. The first kappa shape index (κ1) is 18.3. The summed E-state index contributed by atoms with van der Waals surface area (Å²) in [6.07, 6.45) is -4.73. The molecule has 0 aliphatic carbocycles. The van der Waals surface area contributed by atoms with Crippen molar-refractivity contribution in [2.75, 3.05) is 7.11 Å². The Labute approximate surface area is 153 Å². The first-order valence-corrected chi connectivity index (χ1v) is 7.82. The predicted octanol–water partition coefficient (Wildman–Crippen LogP) is 5.44. The summed E-state index contributed by atoms with van der Waals surface area (Å²) in [5.74, 6) is 0.388. The van der Waals surface area contributed by atoms with Crippen LogP contribution in [0.2, 0.25) is 0 Å². The quantitative estimate of drug-likeness (QED) is 0.614. The number of aromatic nitrogens is 1. The minimum absolute atomic E-state index is 0.0606. The van der Waals surface area contributed by atoms with E-state index >= 15 is 0 Å². The number of alkyl halides is 3. The number of rotatable bonds is 4. The fourth-order valence-electron chi connectivity index (χ4n) is 2.44. The Bertz CT molecular complexity index is 979. The fraction of sp³-hybridized carbons (Fsp3) is 0.100. The summed E-state index contributed by atoms with van der Waals surface area (Å²) in [7, 11) is 1.49. The van der Waals surface area contributed by atoms with Gasteiger partial charge < -0.3 is 9.47 Å².